The first kappa shape index (κ1) is 10.7. The summed E-state index contributed by atoms with van der Waals surface area (Å²) < 4.78 is 2.17. The zero-order valence-corrected chi connectivity index (χ0v) is 10.0. The number of amides is 1. The predicted octanol–water partition coefficient (Wildman–Crippen LogP) is 0.0647. The lowest BCUT2D eigenvalue weighted by Crippen LogP contribution is -2.33. The number of hydrogen-bond donors (Lipinski definition) is 1. The van der Waals surface area contributed by atoms with E-state index in [-0.39, 0.29) is 11.9 Å². The molecule has 2 aliphatic heterocycles. The van der Waals surface area contributed by atoms with Crippen LogP contribution in [0.5, 0.6) is 0 Å². The SMILES string of the molecule is CC(=O)N1CCC[C@@H]1c1nnc2n1CCNC2. The fraction of sp³-hybridized carbons (Fsp3) is 0.727. The summed E-state index contributed by atoms with van der Waals surface area (Å²) in [4.78, 5) is 13.5. The average molecular weight is 235 g/mol. The highest BCUT2D eigenvalue weighted by Crippen LogP contribution is 2.31. The van der Waals surface area contributed by atoms with E-state index in [1.807, 2.05) is 4.90 Å². The third-order valence-corrected chi connectivity index (χ3v) is 3.61. The molecule has 1 aromatic heterocycles. The molecule has 2 aliphatic rings. The van der Waals surface area contributed by atoms with Gasteiger partial charge in [0, 0.05) is 26.6 Å². The van der Waals surface area contributed by atoms with E-state index in [1.54, 1.807) is 6.92 Å². The van der Waals surface area contributed by atoms with Crippen LogP contribution in [0.2, 0.25) is 0 Å². The second-order valence-corrected chi connectivity index (χ2v) is 4.67. The molecule has 1 fully saturated rings. The Kier molecular flexibility index (Phi) is 2.58. The molecule has 0 spiro atoms. The van der Waals surface area contributed by atoms with E-state index in [1.165, 1.54) is 0 Å². The van der Waals surface area contributed by atoms with Crippen molar-refractivity contribution in [2.45, 2.75) is 38.9 Å². The minimum absolute atomic E-state index is 0.131. The molecule has 17 heavy (non-hydrogen) atoms. The number of fused-ring (bicyclic) bond motifs is 1. The molecular formula is C11H17N5O. The Hall–Kier alpha value is -1.43. The van der Waals surface area contributed by atoms with Crippen LogP contribution in [0.4, 0.5) is 0 Å². The van der Waals surface area contributed by atoms with Crippen molar-refractivity contribution >= 4 is 5.91 Å². The molecule has 0 unspecified atom stereocenters. The quantitative estimate of drug-likeness (QED) is 0.748. The van der Waals surface area contributed by atoms with Gasteiger partial charge in [0.1, 0.15) is 5.82 Å². The van der Waals surface area contributed by atoms with Gasteiger partial charge in [0.2, 0.25) is 5.91 Å². The largest absolute Gasteiger partial charge is 0.333 e. The molecule has 0 aliphatic carbocycles. The van der Waals surface area contributed by atoms with Crippen LogP contribution in [-0.4, -0.2) is 38.7 Å². The molecule has 0 bridgehead atoms. The first-order valence-electron chi connectivity index (χ1n) is 6.17. The standard InChI is InChI=1S/C11H17N5O/c1-8(17)15-5-2-3-9(15)11-14-13-10-7-12-4-6-16(10)11/h9,12H,2-7H2,1H3/t9-/m1/s1. The third-order valence-electron chi connectivity index (χ3n) is 3.61. The summed E-state index contributed by atoms with van der Waals surface area (Å²) >= 11 is 0. The van der Waals surface area contributed by atoms with Crippen molar-refractivity contribution in [3.63, 3.8) is 0 Å². The second-order valence-electron chi connectivity index (χ2n) is 4.67. The van der Waals surface area contributed by atoms with Gasteiger partial charge in [-0.25, -0.2) is 0 Å². The maximum absolute atomic E-state index is 11.6. The number of carbonyl (C=O) groups excluding carboxylic acids is 1. The molecule has 6 nitrogen and oxygen atoms in total. The van der Waals surface area contributed by atoms with Gasteiger partial charge in [-0.1, -0.05) is 0 Å². The van der Waals surface area contributed by atoms with Crippen LogP contribution in [-0.2, 0) is 17.9 Å². The summed E-state index contributed by atoms with van der Waals surface area (Å²) in [6.45, 7) is 5.11. The van der Waals surface area contributed by atoms with Gasteiger partial charge >= 0.3 is 0 Å². The summed E-state index contributed by atoms with van der Waals surface area (Å²) in [7, 11) is 0. The lowest BCUT2D eigenvalue weighted by atomic mass is 10.2. The lowest BCUT2D eigenvalue weighted by molar-refractivity contribution is -0.129. The summed E-state index contributed by atoms with van der Waals surface area (Å²) in [5.41, 5.74) is 0. The van der Waals surface area contributed by atoms with Crippen LogP contribution in [0.25, 0.3) is 0 Å². The van der Waals surface area contributed by atoms with E-state index in [2.05, 4.69) is 20.1 Å². The maximum atomic E-state index is 11.6. The topological polar surface area (TPSA) is 63.1 Å². The Morgan fingerprint density at radius 1 is 1.41 bits per heavy atom. The summed E-state index contributed by atoms with van der Waals surface area (Å²) in [6, 6.07) is 0.131. The first-order chi connectivity index (χ1) is 8.27. The highest BCUT2D eigenvalue weighted by atomic mass is 16.2. The van der Waals surface area contributed by atoms with Crippen molar-refractivity contribution in [3.05, 3.63) is 11.6 Å². The molecule has 0 aromatic carbocycles. The summed E-state index contributed by atoms with van der Waals surface area (Å²) in [6.07, 6.45) is 2.07. The summed E-state index contributed by atoms with van der Waals surface area (Å²) in [5.74, 6) is 2.09. The Morgan fingerprint density at radius 2 is 2.29 bits per heavy atom. The van der Waals surface area contributed by atoms with Crippen molar-refractivity contribution in [1.82, 2.24) is 25.0 Å². The molecule has 1 saturated heterocycles. The molecule has 1 N–H and O–H groups in total. The van der Waals surface area contributed by atoms with E-state index < -0.39 is 0 Å². The van der Waals surface area contributed by atoms with Gasteiger partial charge in [0.15, 0.2) is 5.82 Å². The molecule has 3 heterocycles. The van der Waals surface area contributed by atoms with E-state index in [9.17, 15) is 4.79 Å². The average Bonchev–Trinajstić information content (AvgIpc) is 2.94. The van der Waals surface area contributed by atoms with Gasteiger partial charge in [-0.05, 0) is 12.8 Å². The molecule has 0 saturated carbocycles. The smallest absolute Gasteiger partial charge is 0.220 e. The van der Waals surface area contributed by atoms with Crippen molar-refractivity contribution in [1.29, 1.82) is 0 Å². The fourth-order valence-electron chi connectivity index (χ4n) is 2.77. The van der Waals surface area contributed by atoms with Crippen LogP contribution < -0.4 is 5.32 Å². The zero-order chi connectivity index (χ0) is 11.8. The first-order valence-corrected chi connectivity index (χ1v) is 6.17. The van der Waals surface area contributed by atoms with Gasteiger partial charge < -0.3 is 14.8 Å². The van der Waals surface area contributed by atoms with E-state index >= 15 is 0 Å². The number of carbonyl (C=O) groups is 1. The Bertz CT molecular complexity index is 441. The van der Waals surface area contributed by atoms with E-state index in [0.717, 1.165) is 50.7 Å². The minimum atomic E-state index is 0.131. The van der Waals surface area contributed by atoms with Crippen LogP contribution >= 0.6 is 0 Å². The summed E-state index contributed by atoms with van der Waals surface area (Å²) in [5, 5.41) is 11.8. The molecule has 6 heteroatoms. The number of hydrogen-bond acceptors (Lipinski definition) is 4. The second kappa shape index (κ2) is 4.10. The number of nitrogens with one attached hydrogen (secondary N) is 1. The Morgan fingerprint density at radius 3 is 3.12 bits per heavy atom. The molecular weight excluding hydrogens is 218 g/mol. The van der Waals surface area contributed by atoms with E-state index in [4.69, 9.17) is 0 Å². The van der Waals surface area contributed by atoms with Crippen molar-refractivity contribution in [3.8, 4) is 0 Å². The Balaban J connectivity index is 1.93. The van der Waals surface area contributed by atoms with Crippen LogP contribution in [0.3, 0.4) is 0 Å². The van der Waals surface area contributed by atoms with Crippen molar-refractivity contribution in [2.75, 3.05) is 13.1 Å². The highest BCUT2D eigenvalue weighted by Gasteiger charge is 2.32. The van der Waals surface area contributed by atoms with Gasteiger partial charge in [-0.3, -0.25) is 4.79 Å². The minimum Gasteiger partial charge on any atom is -0.333 e. The van der Waals surface area contributed by atoms with E-state index in [0.29, 0.717) is 0 Å². The van der Waals surface area contributed by atoms with Gasteiger partial charge in [0.25, 0.3) is 0 Å². The van der Waals surface area contributed by atoms with Crippen molar-refractivity contribution in [2.24, 2.45) is 0 Å². The van der Waals surface area contributed by atoms with Gasteiger partial charge in [0.05, 0.1) is 12.6 Å². The highest BCUT2D eigenvalue weighted by molar-refractivity contribution is 5.74. The van der Waals surface area contributed by atoms with Crippen LogP contribution in [0.1, 0.15) is 37.5 Å². The molecule has 1 aromatic rings. The maximum Gasteiger partial charge on any atom is 0.220 e. The fourth-order valence-corrected chi connectivity index (χ4v) is 2.77. The number of nitrogens with zero attached hydrogens (tertiary/aromatic N) is 4. The molecule has 92 valence electrons. The van der Waals surface area contributed by atoms with Crippen molar-refractivity contribution < 1.29 is 4.79 Å². The van der Waals surface area contributed by atoms with Gasteiger partial charge in [-0.2, -0.15) is 0 Å². The van der Waals surface area contributed by atoms with Gasteiger partial charge in [-0.15, -0.1) is 10.2 Å². The normalized spacial score (nSPS) is 23.8. The zero-order valence-electron chi connectivity index (χ0n) is 10.0. The third kappa shape index (κ3) is 1.72. The predicted molar refractivity (Wildman–Crippen MR) is 61.1 cm³/mol. The molecule has 0 radical (unpaired) electrons. The molecule has 1 amide bonds. The lowest BCUT2D eigenvalue weighted by Gasteiger charge is -2.24. The number of likely N-dealkylation sites (tertiary alicyclic amines) is 1. The Labute approximate surface area is 100 Å². The monoisotopic (exact) mass is 235 g/mol. The number of aromatic nitrogens is 3. The molecule has 1 atom stereocenters. The molecule has 3 rings (SSSR count). The van der Waals surface area contributed by atoms with Crippen LogP contribution in [0.15, 0.2) is 0 Å². The number of rotatable bonds is 1. The van der Waals surface area contributed by atoms with Crippen LogP contribution in [0, 0.1) is 0 Å².